The number of rotatable bonds is 2. The summed E-state index contributed by atoms with van der Waals surface area (Å²) in [5.74, 6) is -4.29. The summed E-state index contributed by atoms with van der Waals surface area (Å²) >= 11 is 5.74. The third kappa shape index (κ3) is 1.57. The van der Waals surface area contributed by atoms with E-state index in [1.165, 1.54) is 6.92 Å². The normalized spacial score (nSPS) is 15.8. The Morgan fingerprint density at radius 2 is 2.06 bits per heavy atom. The molecule has 1 amide bonds. The van der Waals surface area contributed by atoms with E-state index in [-0.39, 0.29) is 16.3 Å². The van der Waals surface area contributed by atoms with Crippen LogP contribution in [0.25, 0.3) is 0 Å². The first kappa shape index (κ1) is 12.5. The molecule has 18 heavy (non-hydrogen) atoms. The number of hydrogen-bond acceptors (Lipinski definition) is 3. The Morgan fingerprint density at radius 3 is 2.61 bits per heavy atom. The fourth-order valence-electron chi connectivity index (χ4n) is 1.79. The van der Waals surface area contributed by atoms with Gasteiger partial charge in [-0.25, -0.2) is 9.18 Å². The first-order valence-corrected chi connectivity index (χ1v) is 5.32. The first-order valence-electron chi connectivity index (χ1n) is 4.95. The predicted molar refractivity (Wildman–Crippen MR) is 60.3 cm³/mol. The molecule has 1 unspecified atom stereocenters. The van der Waals surface area contributed by atoms with Crippen LogP contribution in [0.2, 0.25) is 5.02 Å². The number of hydrogen-bond donors (Lipinski definition) is 1. The number of ketones is 1. The molecule has 0 fully saturated rings. The van der Waals surface area contributed by atoms with Gasteiger partial charge in [0.2, 0.25) is 0 Å². The number of anilines is 1. The van der Waals surface area contributed by atoms with E-state index in [4.69, 9.17) is 16.7 Å². The molecule has 7 heteroatoms. The summed E-state index contributed by atoms with van der Waals surface area (Å²) in [6.45, 7) is 1.18. The summed E-state index contributed by atoms with van der Waals surface area (Å²) in [5, 5.41) is 8.79. The maximum atomic E-state index is 13.7. The third-order valence-corrected chi connectivity index (χ3v) is 3.02. The number of carbonyl (C=O) groups excluding carboxylic acids is 2. The molecule has 5 nitrogen and oxygen atoms in total. The minimum Gasteiger partial charge on any atom is -0.480 e. The molecule has 1 atom stereocenters. The second kappa shape index (κ2) is 4.06. The zero-order valence-electron chi connectivity index (χ0n) is 9.11. The van der Waals surface area contributed by atoms with Crippen LogP contribution >= 0.6 is 11.6 Å². The van der Waals surface area contributed by atoms with Gasteiger partial charge >= 0.3 is 5.97 Å². The minimum absolute atomic E-state index is 0.0789. The van der Waals surface area contributed by atoms with Gasteiger partial charge in [-0.15, -0.1) is 0 Å². The lowest BCUT2D eigenvalue weighted by Gasteiger charge is -2.21. The Balaban J connectivity index is 2.69. The van der Waals surface area contributed by atoms with Crippen molar-refractivity contribution in [2.45, 2.75) is 13.0 Å². The Bertz CT molecular complexity index is 587. The molecule has 1 aromatic rings. The number of Topliss-reactive ketones (excluding diaryl/α,β-unsaturated/α-hetero) is 1. The molecular formula is C11H7ClFNO4. The molecule has 0 spiro atoms. The summed E-state index contributed by atoms with van der Waals surface area (Å²) in [6, 6.07) is 0.778. The molecule has 94 valence electrons. The predicted octanol–water partition coefficient (Wildman–Crippen LogP) is 1.48. The van der Waals surface area contributed by atoms with Crippen LogP contribution in [0.3, 0.4) is 0 Å². The van der Waals surface area contributed by atoms with Gasteiger partial charge in [0.1, 0.15) is 11.9 Å². The zero-order valence-corrected chi connectivity index (χ0v) is 9.86. The average molecular weight is 272 g/mol. The lowest BCUT2D eigenvalue weighted by molar-refractivity contribution is -0.139. The van der Waals surface area contributed by atoms with Crippen molar-refractivity contribution in [2.24, 2.45) is 0 Å². The van der Waals surface area contributed by atoms with Crippen LogP contribution in [0.5, 0.6) is 0 Å². The molecule has 0 aliphatic carbocycles. The lowest BCUT2D eigenvalue weighted by atomic mass is 10.1. The van der Waals surface area contributed by atoms with Gasteiger partial charge in [-0.1, -0.05) is 11.6 Å². The number of halogens is 2. The van der Waals surface area contributed by atoms with Crippen LogP contribution in [-0.4, -0.2) is 28.8 Å². The highest BCUT2D eigenvalue weighted by Crippen LogP contribution is 2.37. The van der Waals surface area contributed by atoms with Crippen LogP contribution in [0.15, 0.2) is 12.1 Å². The molecule has 2 rings (SSSR count). The molecule has 1 heterocycles. The molecule has 1 aliphatic rings. The van der Waals surface area contributed by atoms with E-state index >= 15 is 0 Å². The fraction of sp³-hybridized carbons (Fsp3) is 0.182. The summed E-state index contributed by atoms with van der Waals surface area (Å²) in [4.78, 5) is 34.9. The van der Waals surface area contributed by atoms with Crippen molar-refractivity contribution in [1.29, 1.82) is 0 Å². The van der Waals surface area contributed by atoms with Crippen LogP contribution < -0.4 is 4.90 Å². The molecular weight excluding hydrogens is 265 g/mol. The molecule has 0 bridgehead atoms. The summed E-state index contributed by atoms with van der Waals surface area (Å²) in [6.07, 6.45) is 0. The van der Waals surface area contributed by atoms with E-state index in [2.05, 4.69) is 0 Å². The van der Waals surface area contributed by atoms with E-state index in [0.29, 0.717) is 4.90 Å². The van der Waals surface area contributed by atoms with Crippen molar-refractivity contribution in [3.8, 4) is 0 Å². The van der Waals surface area contributed by atoms with Gasteiger partial charge in [0, 0.05) is 0 Å². The fourth-order valence-corrected chi connectivity index (χ4v) is 2.03. The average Bonchev–Trinajstić information content (AvgIpc) is 2.58. The number of carboxylic acids is 1. The van der Waals surface area contributed by atoms with Gasteiger partial charge in [0.05, 0.1) is 16.3 Å². The number of fused-ring (bicyclic) bond motifs is 1. The van der Waals surface area contributed by atoms with E-state index in [0.717, 1.165) is 12.1 Å². The van der Waals surface area contributed by atoms with Crippen molar-refractivity contribution in [3.63, 3.8) is 0 Å². The van der Waals surface area contributed by atoms with Crippen molar-refractivity contribution in [1.82, 2.24) is 0 Å². The summed E-state index contributed by atoms with van der Waals surface area (Å²) in [5.41, 5.74) is -0.651. The van der Waals surface area contributed by atoms with Crippen LogP contribution in [-0.2, 0) is 9.59 Å². The van der Waals surface area contributed by atoms with Crippen molar-refractivity contribution in [2.75, 3.05) is 4.90 Å². The second-order valence-corrected chi connectivity index (χ2v) is 4.18. The van der Waals surface area contributed by atoms with Crippen molar-refractivity contribution >= 4 is 34.9 Å². The Hall–Kier alpha value is -1.95. The summed E-state index contributed by atoms with van der Waals surface area (Å²) < 4.78 is 13.7. The first-order chi connectivity index (χ1) is 8.36. The van der Waals surface area contributed by atoms with Gasteiger partial charge in [0.15, 0.2) is 0 Å². The van der Waals surface area contributed by atoms with E-state index in [1.807, 2.05) is 0 Å². The van der Waals surface area contributed by atoms with Gasteiger partial charge in [0.25, 0.3) is 11.7 Å². The van der Waals surface area contributed by atoms with E-state index in [1.54, 1.807) is 0 Å². The SMILES string of the molecule is CC(C(=O)O)N1C(=O)C(=O)c2c(Cl)ccc(F)c21. The maximum Gasteiger partial charge on any atom is 0.326 e. The number of carboxylic acid groups (broad SMARTS) is 1. The van der Waals surface area contributed by atoms with Gasteiger partial charge < -0.3 is 5.11 Å². The van der Waals surface area contributed by atoms with Gasteiger partial charge in [-0.2, -0.15) is 0 Å². The van der Waals surface area contributed by atoms with Crippen molar-refractivity contribution in [3.05, 3.63) is 28.5 Å². The number of aliphatic carboxylic acids is 1. The lowest BCUT2D eigenvalue weighted by Crippen LogP contribution is -2.42. The number of amides is 1. The molecule has 0 aromatic heterocycles. The van der Waals surface area contributed by atoms with Crippen LogP contribution in [0.1, 0.15) is 17.3 Å². The van der Waals surface area contributed by atoms with Crippen molar-refractivity contribution < 1.29 is 23.9 Å². The van der Waals surface area contributed by atoms with Gasteiger partial charge in [-0.3, -0.25) is 14.5 Å². The topological polar surface area (TPSA) is 74.7 Å². The maximum absolute atomic E-state index is 13.7. The Kier molecular flexibility index (Phi) is 2.82. The van der Waals surface area contributed by atoms with E-state index in [9.17, 15) is 18.8 Å². The monoisotopic (exact) mass is 271 g/mol. The standard InChI is InChI=1S/C11H7ClFNO4/c1-4(11(17)18)14-8-6(13)3-2-5(12)7(8)9(15)10(14)16/h2-4H,1H3,(H,17,18). The van der Waals surface area contributed by atoms with E-state index < -0.39 is 29.5 Å². The van der Waals surface area contributed by atoms with Crippen LogP contribution in [0, 0.1) is 5.82 Å². The molecule has 1 aromatic carbocycles. The molecule has 1 aliphatic heterocycles. The van der Waals surface area contributed by atoms with Crippen LogP contribution in [0.4, 0.5) is 10.1 Å². The second-order valence-electron chi connectivity index (χ2n) is 3.77. The number of carbonyl (C=O) groups is 3. The Labute approximate surface area is 106 Å². The molecule has 0 saturated heterocycles. The third-order valence-electron chi connectivity index (χ3n) is 2.70. The smallest absolute Gasteiger partial charge is 0.326 e. The highest BCUT2D eigenvalue weighted by molar-refractivity contribution is 6.55. The van der Waals surface area contributed by atoms with Gasteiger partial charge in [-0.05, 0) is 19.1 Å². The number of benzene rings is 1. The quantitative estimate of drug-likeness (QED) is 0.827. The highest BCUT2D eigenvalue weighted by Gasteiger charge is 2.44. The zero-order chi connectivity index (χ0) is 13.6. The highest BCUT2D eigenvalue weighted by atomic mass is 35.5. The number of nitrogens with zero attached hydrogens (tertiary/aromatic N) is 1. The molecule has 1 N–H and O–H groups in total. The molecule has 0 saturated carbocycles. The molecule has 0 radical (unpaired) electrons. The Morgan fingerprint density at radius 1 is 1.44 bits per heavy atom. The minimum atomic E-state index is -1.35. The summed E-state index contributed by atoms with van der Waals surface area (Å²) in [7, 11) is 0. The largest absolute Gasteiger partial charge is 0.480 e.